The zero-order valence-electron chi connectivity index (χ0n) is 9.80. The van der Waals surface area contributed by atoms with E-state index < -0.39 is 17.9 Å². The Morgan fingerprint density at radius 1 is 1.17 bits per heavy atom. The van der Waals surface area contributed by atoms with E-state index in [4.69, 9.17) is 5.11 Å². The van der Waals surface area contributed by atoms with Crippen LogP contribution in [0.1, 0.15) is 34.8 Å². The van der Waals surface area contributed by atoms with Gasteiger partial charge in [0.25, 0.3) is 0 Å². The van der Waals surface area contributed by atoms with Gasteiger partial charge in [-0.05, 0) is 37.1 Å². The predicted octanol–water partition coefficient (Wildman–Crippen LogP) is 1.51. The normalized spacial score (nSPS) is 23.6. The lowest BCUT2D eigenvalue weighted by atomic mass is 9.86. The molecular weight excluding hydrogens is 234 g/mol. The van der Waals surface area contributed by atoms with E-state index >= 15 is 0 Å². The lowest BCUT2D eigenvalue weighted by Gasteiger charge is -2.30. The Morgan fingerprint density at radius 3 is 2.39 bits per heavy atom. The Bertz CT molecular complexity index is 455. The third kappa shape index (κ3) is 2.51. The van der Waals surface area contributed by atoms with E-state index in [1.165, 1.54) is 12.1 Å². The maximum Gasteiger partial charge on any atom is 0.335 e. The van der Waals surface area contributed by atoms with Crippen molar-refractivity contribution in [2.75, 3.05) is 6.54 Å². The first kappa shape index (κ1) is 12.6. The summed E-state index contributed by atoms with van der Waals surface area (Å²) in [5.41, 5.74) is 1.04. The fraction of sp³-hybridized carbons (Fsp3) is 0.385. The number of carboxylic acid groups (broad SMARTS) is 2. The van der Waals surface area contributed by atoms with E-state index in [0.717, 1.165) is 18.5 Å². The van der Waals surface area contributed by atoms with Crippen LogP contribution in [-0.4, -0.2) is 28.7 Å². The zero-order valence-corrected chi connectivity index (χ0v) is 9.80. The summed E-state index contributed by atoms with van der Waals surface area (Å²) in [5.74, 6) is -2.24. The molecule has 1 heterocycles. The molecule has 1 saturated heterocycles. The van der Waals surface area contributed by atoms with Crippen LogP contribution in [0.3, 0.4) is 0 Å². The van der Waals surface area contributed by atoms with Crippen molar-refractivity contribution in [2.24, 2.45) is 5.92 Å². The van der Waals surface area contributed by atoms with Gasteiger partial charge in [-0.2, -0.15) is 0 Å². The van der Waals surface area contributed by atoms with Crippen molar-refractivity contribution in [2.45, 2.75) is 18.9 Å². The van der Waals surface area contributed by atoms with Crippen molar-refractivity contribution >= 4 is 11.9 Å². The predicted molar refractivity (Wildman–Crippen MR) is 64.5 cm³/mol. The van der Waals surface area contributed by atoms with E-state index in [9.17, 15) is 14.7 Å². The average Bonchev–Trinajstić information content (AvgIpc) is 2.39. The summed E-state index contributed by atoms with van der Waals surface area (Å²) in [7, 11) is 0. The molecule has 1 aliphatic heterocycles. The van der Waals surface area contributed by atoms with Crippen LogP contribution in [0, 0.1) is 5.92 Å². The van der Waals surface area contributed by atoms with Crippen molar-refractivity contribution < 1.29 is 19.8 Å². The van der Waals surface area contributed by atoms with Crippen LogP contribution in [-0.2, 0) is 4.79 Å². The third-order valence-electron chi connectivity index (χ3n) is 3.29. The molecule has 1 aliphatic rings. The van der Waals surface area contributed by atoms with Crippen molar-refractivity contribution in [1.82, 2.24) is 5.32 Å². The highest BCUT2D eigenvalue weighted by molar-refractivity contribution is 5.87. The van der Waals surface area contributed by atoms with Gasteiger partial charge in [0, 0.05) is 6.04 Å². The van der Waals surface area contributed by atoms with Gasteiger partial charge in [0.05, 0.1) is 11.5 Å². The molecule has 1 fully saturated rings. The average molecular weight is 249 g/mol. The first-order chi connectivity index (χ1) is 8.59. The number of nitrogens with one attached hydrogen (secondary N) is 1. The Morgan fingerprint density at radius 2 is 1.83 bits per heavy atom. The maximum atomic E-state index is 11.2. The molecule has 96 valence electrons. The number of hydrogen-bond donors (Lipinski definition) is 3. The highest BCUT2D eigenvalue weighted by atomic mass is 16.4. The summed E-state index contributed by atoms with van der Waals surface area (Å²) in [4.78, 5) is 21.9. The second-order valence-electron chi connectivity index (χ2n) is 4.45. The Balaban J connectivity index is 2.23. The Hall–Kier alpha value is -1.88. The van der Waals surface area contributed by atoms with Gasteiger partial charge in [-0.1, -0.05) is 12.1 Å². The SMILES string of the molecule is O=C(O)c1ccc(C2NCCCC2C(=O)O)cc1. The van der Waals surface area contributed by atoms with Gasteiger partial charge in [-0.25, -0.2) is 4.79 Å². The van der Waals surface area contributed by atoms with Crippen LogP contribution >= 0.6 is 0 Å². The van der Waals surface area contributed by atoms with Gasteiger partial charge < -0.3 is 15.5 Å². The number of hydrogen-bond acceptors (Lipinski definition) is 3. The molecule has 18 heavy (non-hydrogen) atoms. The van der Waals surface area contributed by atoms with E-state index in [2.05, 4.69) is 5.32 Å². The van der Waals surface area contributed by atoms with E-state index in [-0.39, 0.29) is 11.6 Å². The molecule has 0 saturated carbocycles. The van der Waals surface area contributed by atoms with Gasteiger partial charge in [0.15, 0.2) is 0 Å². The summed E-state index contributed by atoms with van der Waals surface area (Å²) in [6, 6.07) is 6.14. The number of aromatic carboxylic acids is 1. The van der Waals surface area contributed by atoms with Crippen molar-refractivity contribution in [1.29, 1.82) is 0 Å². The summed E-state index contributed by atoms with van der Waals surface area (Å²) in [6.07, 6.45) is 1.49. The molecule has 0 aromatic heterocycles. The summed E-state index contributed by atoms with van der Waals surface area (Å²) in [6.45, 7) is 0.787. The Labute approximate surface area is 104 Å². The lowest BCUT2D eigenvalue weighted by Crippen LogP contribution is -2.38. The number of carboxylic acids is 2. The number of piperidine rings is 1. The molecule has 3 N–H and O–H groups in total. The molecule has 2 rings (SSSR count). The second-order valence-corrected chi connectivity index (χ2v) is 4.45. The van der Waals surface area contributed by atoms with Crippen molar-refractivity contribution in [3.05, 3.63) is 35.4 Å². The fourth-order valence-electron chi connectivity index (χ4n) is 2.34. The monoisotopic (exact) mass is 249 g/mol. The highest BCUT2D eigenvalue weighted by Gasteiger charge is 2.31. The van der Waals surface area contributed by atoms with Crippen LogP contribution in [0.15, 0.2) is 24.3 Å². The third-order valence-corrected chi connectivity index (χ3v) is 3.29. The molecule has 0 amide bonds. The first-order valence-corrected chi connectivity index (χ1v) is 5.89. The minimum absolute atomic E-state index is 0.210. The number of carbonyl (C=O) groups is 2. The van der Waals surface area contributed by atoms with Crippen LogP contribution < -0.4 is 5.32 Å². The number of benzene rings is 1. The van der Waals surface area contributed by atoms with Crippen LogP contribution in [0.25, 0.3) is 0 Å². The summed E-state index contributed by atoms with van der Waals surface area (Å²) < 4.78 is 0. The Kier molecular flexibility index (Phi) is 3.62. The fourth-order valence-corrected chi connectivity index (χ4v) is 2.34. The molecule has 5 nitrogen and oxygen atoms in total. The van der Waals surface area contributed by atoms with E-state index in [1.54, 1.807) is 12.1 Å². The standard InChI is InChI=1S/C13H15NO4/c15-12(16)9-5-3-8(4-6-9)11-10(13(17)18)2-1-7-14-11/h3-6,10-11,14H,1-2,7H2,(H,15,16)(H,17,18). The molecule has 1 aromatic carbocycles. The molecule has 0 bridgehead atoms. The van der Waals surface area contributed by atoms with Gasteiger partial charge in [0.2, 0.25) is 0 Å². The molecule has 0 aliphatic carbocycles. The van der Waals surface area contributed by atoms with Crippen molar-refractivity contribution in [3.63, 3.8) is 0 Å². The number of aliphatic carboxylic acids is 1. The van der Waals surface area contributed by atoms with Crippen molar-refractivity contribution in [3.8, 4) is 0 Å². The van der Waals surface area contributed by atoms with Gasteiger partial charge >= 0.3 is 11.9 Å². The maximum absolute atomic E-state index is 11.2. The van der Waals surface area contributed by atoms with E-state index in [1.807, 2.05) is 0 Å². The van der Waals surface area contributed by atoms with Crippen LogP contribution in [0.5, 0.6) is 0 Å². The lowest BCUT2D eigenvalue weighted by molar-refractivity contribution is -0.143. The summed E-state index contributed by atoms with van der Waals surface area (Å²) >= 11 is 0. The smallest absolute Gasteiger partial charge is 0.335 e. The molecule has 1 aromatic rings. The topological polar surface area (TPSA) is 86.6 Å². The van der Waals surface area contributed by atoms with Gasteiger partial charge in [-0.3, -0.25) is 4.79 Å². The molecule has 0 spiro atoms. The molecule has 5 heteroatoms. The van der Waals surface area contributed by atoms with Gasteiger partial charge in [-0.15, -0.1) is 0 Å². The minimum atomic E-state index is -0.979. The van der Waals surface area contributed by atoms with Crippen LogP contribution in [0.4, 0.5) is 0 Å². The largest absolute Gasteiger partial charge is 0.481 e. The summed E-state index contributed by atoms with van der Waals surface area (Å²) in [5, 5.41) is 21.2. The quantitative estimate of drug-likeness (QED) is 0.756. The molecular formula is C13H15NO4. The van der Waals surface area contributed by atoms with Gasteiger partial charge in [0.1, 0.15) is 0 Å². The number of rotatable bonds is 3. The van der Waals surface area contributed by atoms with Crippen LogP contribution in [0.2, 0.25) is 0 Å². The first-order valence-electron chi connectivity index (χ1n) is 5.89. The zero-order chi connectivity index (χ0) is 13.1. The molecule has 2 unspecified atom stereocenters. The van der Waals surface area contributed by atoms with E-state index in [0.29, 0.717) is 6.42 Å². The second kappa shape index (κ2) is 5.18. The molecule has 0 radical (unpaired) electrons. The molecule has 2 atom stereocenters. The minimum Gasteiger partial charge on any atom is -0.481 e. The highest BCUT2D eigenvalue weighted by Crippen LogP contribution is 2.29.